The van der Waals surface area contributed by atoms with Gasteiger partial charge in [0.1, 0.15) is 5.84 Å². The second-order valence-corrected chi connectivity index (χ2v) is 9.51. The van der Waals surface area contributed by atoms with Crippen LogP contribution in [0.2, 0.25) is 0 Å². The molecule has 10 heteroatoms. The molecule has 1 amide bonds. The van der Waals surface area contributed by atoms with Crippen molar-refractivity contribution in [1.82, 2.24) is 14.3 Å². The molecule has 1 fully saturated rings. The van der Waals surface area contributed by atoms with E-state index < -0.39 is 15.9 Å². The number of aromatic nitrogens is 2. The maximum Gasteiger partial charge on any atom is 0.278 e. The number of benzene rings is 2. The minimum atomic E-state index is -3.63. The van der Waals surface area contributed by atoms with Gasteiger partial charge in [-0.3, -0.25) is 9.69 Å². The highest BCUT2D eigenvalue weighted by atomic mass is 32.2. The first-order valence-corrected chi connectivity index (χ1v) is 11.9. The van der Waals surface area contributed by atoms with Gasteiger partial charge in [0.2, 0.25) is 16.0 Å². The van der Waals surface area contributed by atoms with Crippen molar-refractivity contribution in [3.8, 4) is 0 Å². The van der Waals surface area contributed by atoms with Crippen molar-refractivity contribution in [1.29, 1.82) is 0 Å². The van der Waals surface area contributed by atoms with Gasteiger partial charge in [-0.2, -0.15) is 9.30 Å². The molecule has 0 unspecified atom stereocenters. The number of amidine groups is 1. The molecule has 1 saturated heterocycles. The Morgan fingerprint density at radius 2 is 1.64 bits per heavy atom. The molecule has 0 spiro atoms. The smallest absolute Gasteiger partial charge is 0.278 e. The largest absolute Gasteiger partial charge is 0.379 e. The number of anilines is 1. The normalized spacial score (nSPS) is 17.8. The Bertz CT molecular complexity index is 1300. The highest BCUT2D eigenvalue weighted by Gasteiger charge is 2.29. The average molecular weight is 464 g/mol. The first-order valence-electron chi connectivity index (χ1n) is 10.5. The fraction of sp³-hybridized carbons (Fsp3) is 0.217. The molecule has 2 aliphatic heterocycles. The number of rotatable bonds is 4. The molecular formula is C23H21N5O4S. The number of fused-ring (bicyclic) bond motifs is 1. The molecule has 0 bridgehead atoms. The lowest BCUT2D eigenvalue weighted by molar-refractivity contribution is 0.0730. The summed E-state index contributed by atoms with van der Waals surface area (Å²) in [5.41, 5.74) is 2.15. The number of carbonyl (C=O) groups excluding carboxylic acids is 1. The van der Waals surface area contributed by atoms with Crippen LogP contribution in [0.5, 0.6) is 0 Å². The van der Waals surface area contributed by atoms with E-state index in [0.717, 1.165) is 11.1 Å². The zero-order chi connectivity index (χ0) is 22.8. The molecule has 5 rings (SSSR count). The summed E-state index contributed by atoms with van der Waals surface area (Å²) in [6, 6.07) is 15.3. The van der Waals surface area contributed by atoms with E-state index in [0.29, 0.717) is 50.2 Å². The van der Waals surface area contributed by atoms with Gasteiger partial charge in [0.25, 0.3) is 5.91 Å². The highest BCUT2D eigenvalue weighted by Crippen LogP contribution is 2.27. The van der Waals surface area contributed by atoms with Crippen LogP contribution < -0.4 is 4.90 Å². The SMILES string of the molecule is O=C(N=C1c2ccccc2CN1c1ncccn1)c1ccc(S(=O)(=O)N2CCOCC2)cc1. The van der Waals surface area contributed by atoms with Crippen LogP contribution in [0.1, 0.15) is 21.5 Å². The van der Waals surface area contributed by atoms with Crippen LogP contribution in [0.25, 0.3) is 0 Å². The number of hydrogen-bond acceptors (Lipinski definition) is 6. The van der Waals surface area contributed by atoms with Gasteiger partial charge in [0.15, 0.2) is 0 Å². The molecule has 3 heterocycles. The lowest BCUT2D eigenvalue weighted by Gasteiger charge is -2.26. The molecular weight excluding hydrogens is 442 g/mol. The van der Waals surface area contributed by atoms with Gasteiger partial charge in [0, 0.05) is 36.6 Å². The van der Waals surface area contributed by atoms with E-state index in [1.807, 2.05) is 24.3 Å². The summed E-state index contributed by atoms with van der Waals surface area (Å²) in [4.78, 5) is 27.9. The first-order chi connectivity index (χ1) is 16.0. The van der Waals surface area contributed by atoms with Crippen molar-refractivity contribution in [2.24, 2.45) is 4.99 Å². The summed E-state index contributed by atoms with van der Waals surface area (Å²) < 4.78 is 32.3. The van der Waals surface area contributed by atoms with E-state index in [9.17, 15) is 13.2 Å². The number of sulfonamides is 1. The Labute approximate surface area is 191 Å². The molecule has 0 N–H and O–H groups in total. The van der Waals surface area contributed by atoms with E-state index in [-0.39, 0.29) is 4.90 Å². The van der Waals surface area contributed by atoms with Gasteiger partial charge in [-0.25, -0.2) is 18.4 Å². The first kappa shape index (κ1) is 21.4. The second kappa shape index (κ2) is 8.81. The fourth-order valence-corrected chi connectivity index (χ4v) is 5.26. The molecule has 3 aromatic rings. The van der Waals surface area contributed by atoms with Crippen molar-refractivity contribution < 1.29 is 17.9 Å². The summed E-state index contributed by atoms with van der Waals surface area (Å²) in [5.74, 6) is 0.442. The quantitative estimate of drug-likeness (QED) is 0.583. The molecule has 0 saturated carbocycles. The van der Waals surface area contributed by atoms with Crippen LogP contribution in [0.15, 0.2) is 76.9 Å². The fourth-order valence-electron chi connectivity index (χ4n) is 3.85. The highest BCUT2D eigenvalue weighted by molar-refractivity contribution is 7.89. The second-order valence-electron chi connectivity index (χ2n) is 7.57. The predicted octanol–water partition coefficient (Wildman–Crippen LogP) is 2.10. The molecule has 0 radical (unpaired) electrons. The van der Waals surface area contributed by atoms with Gasteiger partial charge in [-0.1, -0.05) is 24.3 Å². The lowest BCUT2D eigenvalue weighted by Crippen LogP contribution is -2.40. The van der Waals surface area contributed by atoms with Gasteiger partial charge >= 0.3 is 0 Å². The van der Waals surface area contributed by atoms with Crippen molar-refractivity contribution in [2.45, 2.75) is 11.4 Å². The molecule has 9 nitrogen and oxygen atoms in total. The zero-order valence-electron chi connectivity index (χ0n) is 17.7. The summed E-state index contributed by atoms with van der Waals surface area (Å²) >= 11 is 0. The Hall–Kier alpha value is -3.47. The van der Waals surface area contributed by atoms with Crippen LogP contribution in [-0.4, -0.2) is 60.7 Å². The van der Waals surface area contributed by atoms with E-state index in [2.05, 4.69) is 15.0 Å². The van der Waals surface area contributed by atoms with E-state index in [1.165, 1.54) is 28.6 Å². The molecule has 2 aromatic carbocycles. The van der Waals surface area contributed by atoms with Gasteiger partial charge in [-0.15, -0.1) is 0 Å². The van der Waals surface area contributed by atoms with Gasteiger partial charge in [0.05, 0.1) is 24.7 Å². The third-order valence-electron chi connectivity index (χ3n) is 5.55. The number of carbonyl (C=O) groups is 1. The van der Waals surface area contributed by atoms with E-state index in [1.54, 1.807) is 23.4 Å². The Morgan fingerprint density at radius 3 is 2.36 bits per heavy atom. The van der Waals surface area contributed by atoms with E-state index in [4.69, 9.17) is 4.74 Å². The number of aliphatic imine (C=N–C) groups is 1. The van der Waals surface area contributed by atoms with Crippen LogP contribution in [-0.2, 0) is 21.3 Å². The van der Waals surface area contributed by atoms with Crippen LogP contribution in [0, 0.1) is 0 Å². The van der Waals surface area contributed by atoms with Crippen LogP contribution >= 0.6 is 0 Å². The van der Waals surface area contributed by atoms with Crippen molar-refractivity contribution in [2.75, 3.05) is 31.2 Å². The minimum Gasteiger partial charge on any atom is -0.379 e. The molecule has 168 valence electrons. The Kier molecular flexibility index (Phi) is 5.71. The monoisotopic (exact) mass is 463 g/mol. The molecule has 2 aliphatic rings. The molecule has 0 aliphatic carbocycles. The van der Waals surface area contributed by atoms with Gasteiger partial charge in [-0.05, 0) is 35.9 Å². The Morgan fingerprint density at radius 1 is 0.939 bits per heavy atom. The van der Waals surface area contributed by atoms with Crippen LogP contribution in [0.3, 0.4) is 0 Å². The lowest BCUT2D eigenvalue weighted by atomic mass is 10.1. The number of nitrogens with zero attached hydrogens (tertiary/aromatic N) is 5. The number of hydrogen-bond donors (Lipinski definition) is 0. The third-order valence-corrected chi connectivity index (χ3v) is 7.47. The van der Waals surface area contributed by atoms with Crippen LogP contribution in [0.4, 0.5) is 5.95 Å². The number of morpholine rings is 1. The molecule has 0 atom stereocenters. The standard InChI is InChI=1S/C23H21N5O4S/c29-22(17-6-8-19(9-7-17)33(30,31)27-12-14-32-15-13-27)26-21-20-5-2-1-4-18(20)16-28(21)23-24-10-3-11-25-23/h1-11H,12-16H2. The maximum absolute atomic E-state index is 13.0. The van der Waals surface area contributed by atoms with Crippen molar-refractivity contribution in [3.05, 3.63) is 83.7 Å². The summed E-state index contributed by atoms with van der Waals surface area (Å²) in [6.45, 7) is 1.87. The minimum absolute atomic E-state index is 0.138. The van der Waals surface area contributed by atoms with Gasteiger partial charge < -0.3 is 4.74 Å². The molecule has 33 heavy (non-hydrogen) atoms. The summed E-state index contributed by atoms with van der Waals surface area (Å²) in [5, 5.41) is 0. The number of ether oxygens (including phenoxy) is 1. The average Bonchev–Trinajstić information content (AvgIpc) is 3.23. The van der Waals surface area contributed by atoms with E-state index >= 15 is 0 Å². The predicted molar refractivity (Wildman–Crippen MR) is 122 cm³/mol. The summed E-state index contributed by atoms with van der Waals surface area (Å²) in [7, 11) is -3.63. The maximum atomic E-state index is 13.0. The zero-order valence-corrected chi connectivity index (χ0v) is 18.5. The summed E-state index contributed by atoms with van der Waals surface area (Å²) in [6.07, 6.45) is 3.27. The van der Waals surface area contributed by atoms with Crippen molar-refractivity contribution in [3.63, 3.8) is 0 Å². The topological polar surface area (TPSA) is 105 Å². The molecule has 1 aromatic heterocycles. The number of amides is 1. The third kappa shape index (κ3) is 4.15. The van der Waals surface area contributed by atoms with Crippen molar-refractivity contribution >= 4 is 27.7 Å². The Balaban J connectivity index is 1.44.